The molecule has 0 spiro atoms. The minimum Gasteiger partial charge on any atom is -0.493 e. The molecule has 2 unspecified atom stereocenters. The van der Waals surface area contributed by atoms with Gasteiger partial charge in [-0.25, -0.2) is 0 Å². The third-order valence-electron chi connectivity index (χ3n) is 6.07. The first kappa shape index (κ1) is 26.4. The summed E-state index contributed by atoms with van der Waals surface area (Å²) < 4.78 is 10.5. The maximum atomic E-state index is 12.9. The van der Waals surface area contributed by atoms with Crippen molar-refractivity contribution >= 4 is 17.8 Å². The Balaban J connectivity index is 2.01. The molecule has 1 aliphatic rings. The Morgan fingerprint density at radius 2 is 1.85 bits per heavy atom. The first-order chi connectivity index (χ1) is 15.7. The monoisotopic (exact) mass is 462 g/mol. The molecular formula is C24H38N4O5. The quantitative estimate of drug-likeness (QED) is 0.308. The highest BCUT2D eigenvalue weighted by molar-refractivity contribution is 5.95. The summed E-state index contributed by atoms with van der Waals surface area (Å²) >= 11 is 0. The SMILES string of the molecule is CCC(C)CC(NC(N)=NC(=O)Cc1ccc(OC)c(OC)c1)C(=O)N[C@H]1CC[C@@H](O)CC1. The number of carbonyl (C=O) groups is 2. The Morgan fingerprint density at radius 3 is 2.45 bits per heavy atom. The minimum absolute atomic E-state index is 0.0342. The number of nitrogens with two attached hydrogens (primary N) is 1. The lowest BCUT2D eigenvalue weighted by molar-refractivity contribution is -0.124. The maximum Gasteiger partial charge on any atom is 0.253 e. The van der Waals surface area contributed by atoms with Crippen molar-refractivity contribution in [2.75, 3.05) is 14.2 Å². The van der Waals surface area contributed by atoms with Gasteiger partial charge in [0.05, 0.1) is 26.7 Å². The van der Waals surface area contributed by atoms with E-state index in [4.69, 9.17) is 15.2 Å². The molecule has 0 aliphatic heterocycles. The Bertz CT molecular complexity index is 821. The molecule has 1 aromatic rings. The first-order valence-electron chi connectivity index (χ1n) is 11.6. The van der Waals surface area contributed by atoms with Gasteiger partial charge in [-0.1, -0.05) is 26.3 Å². The molecule has 1 aromatic carbocycles. The number of carbonyl (C=O) groups excluding carboxylic acids is 2. The molecule has 0 heterocycles. The summed E-state index contributed by atoms with van der Waals surface area (Å²) in [6.45, 7) is 4.13. The molecule has 2 rings (SSSR count). The molecular weight excluding hydrogens is 424 g/mol. The summed E-state index contributed by atoms with van der Waals surface area (Å²) in [5, 5.41) is 15.7. The highest BCUT2D eigenvalue weighted by atomic mass is 16.5. The molecule has 0 aromatic heterocycles. The van der Waals surface area contributed by atoms with E-state index in [1.54, 1.807) is 25.3 Å². The van der Waals surface area contributed by atoms with Gasteiger partial charge in [0.15, 0.2) is 17.5 Å². The fourth-order valence-electron chi connectivity index (χ4n) is 3.87. The molecule has 33 heavy (non-hydrogen) atoms. The number of aliphatic imine (C=N–C) groups is 1. The molecule has 1 aliphatic carbocycles. The van der Waals surface area contributed by atoms with Crippen LogP contribution < -0.4 is 25.8 Å². The molecule has 9 heteroatoms. The van der Waals surface area contributed by atoms with Crippen molar-refractivity contribution < 1.29 is 24.2 Å². The summed E-state index contributed by atoms with van der Waals surface area (Å²) in [4.78, 5) is 29.3. The number of aliphatic hydroxyl groups is 1. The van der Waals surface area contributed by atoms with Gasteiger partial charge in [-0.15, -0.1) is 0 Å². The van der Waals surface area contributed by atoms with E-state index in [2.05, 4.69) is 29.5 Å². The number of benzene rings is 1. The van der Waals surface area contributed by atoms with Crippen LogP contribution >= 0.6 is 0 Å². The van der Waals surface area contributed by atoms with Gasteiger partial charge < -0.3 is 30.9 Å². The van der Waals surface area contributed by atoms with Crippen LogP contribution in [-0.4, -0.2) is 55.3 Å². The van der Waals surface area contributed by atoms with Crippen molar-refractivity contribution in [2.45, 2.75) is 77.0 Å². The lowest BCUT2D eigenvalue weighted by atomic mass is 9.92. The summed E-state index contributed by atoms with van der Waals surface area (Å²) in [6, 6.07) is 4.65. The largest absolute Gasteiger partial charge is 0.493 e. The van der Waals surface area contributed by atoms with E-state index in [9.17, 15) is 14.7 Å². The second-order valence-corrected chi connectivity index (χ2v) is 8.72. The van der Waals surface area contributed by atoms with Crippen molar-refractivity contribution in [1.82, 2.24) is 10.6 Å². The molecule has 1 saturated carbocycles. The van der Waals surface area contributed by atoms with Crippen molar-refractivity contribution in [3.8, 4) is 11.5 Å². The van der Waals surface area contributed by atoms with Crippen LogP contribution in [0.25, 0.3) is 0 Å². The lowest BCUT2D eigenvalue weighted by Gasteiger charge is -2.29. The van der Waals surface area contributed by atoms with Crippen LogP contribution in [-0.2, 0) is 16.0 Å². The lowest BCUT2D eigenvalue weighted by Crippen LogP contribution is -2.52. The Morgan fingerprint density at radius 1 is 1.18 bits per heavy atom. The van der Waals surface area contributed by atoms with Gasteiger partial charge in [-0.3, -0.25) is 9.59 Å². The number of nitrogens with zero attached hydrogens (tertiary/aromatic N) is 1. The molecule has 2 amide bonds. The van der Waals surface area contributed by atoms with E-state index in [0.717, 1.165) is 19.3 Å². The zero-order chi connectivity index (χ0) is 24.4. The second kappa shape index (κ2) is 13.0. The summed E-state index contributed by atoms with van der Waals surface area (Å²) in [5.41, 5.74) is 6.71. The zero-order valence-electron chi connectivity index (χ0n) is 20.1. The van der Waals surface area contributed by atoms with Crippen LogP contribution in [0.2, 0.25) is 0 Å². The van der Waals surface area contributed by atoms with Gasteiger partial charge in [0.2, 0.25) is 5.91 Å². The number of nitrogens with one attached hydrogen (secondary N) is 2. The van der Waals surface area contributed by atoms with Crippen molar-refractivity contribution in [2.24, 2.45) is 16.6 Å². The molecule has 0 radical (unpaired) electrons. The average Bonchev–Trinajstić information content (AvgIpc) is 2.79. The van der Waals surface area contributed by atoms with E-state index < -0.39 is 11.9 Å². The van der Waals surface area contributed by atoms with Crippen LogP contribution in [0.15, 0.2) is 23.2 Å². The normalized spacial score (nSPS) is 20.5. The number of methoxy groups -OCH3 is 2. The van der Waals surface area contributed by atoms with Crippen LogP contribution in [0, 0.1) is 5.92 Å². The fraction of sp³-hybridized carbons (Fsp3) is 0.625. The molecule has 184 valence electrons. The Hall–Kier alpha value is -2.81. The van der Waals surface area contributed by atoms with E-state index in [1.165, 1.54) is 7.11 Å². The smallest absolute Gasteiger partial charge is 0.253 e. The first-order valence-corrected chi connectivity index (χ1v) is 11.6. The highest BCUT2D eigenvalue weighted by Crippen LogP contribution is 2.27. The highest BCUT2D eigenvalue weighted by Gasteiger charge is 2.26. The van der Waals surface area contributed by atoms with Crippen LogP contribution in [0.4, 0.5) is 0 Å². The predicted molar refractivity (Wildman–Crippen MR) is 127 cm³/mol. The molecule has 1 fully saturated rings. The van der Waals surface area contributed by atoms with Crippen LogP contribution in [0.3, 0.4) is 0 Å². The average molecular weight is 463 g/mol. The van der Waals surface area contributed by atoms with Gasteiger partial charge in [0.1, 0.15) is 6.04 Å². The van der Waals surface area contributed by atoms with Crippen molar-refractivity contribution in [1.29, 1.82) is 0 Å². The second-order valence-electron chi connectivity index (χ2n) is 8.72. The van der Waals surface area contributed by atoms with Gasteiger partial charge >= 0.3 is 0 Å². The molecule has 2 atom stereocenters. The predicted octanol–water partition coefficient (Wildman–Crippen LogP) is 1.90. The number of ether oxygens (including phenoxy) is 2. The third kappa shape index (κ3) is 8.57. The molecule has 5 N–H and O–H groups in total. The number of guanidine groups is 1. The maximum absolute atomic E-state index is 12.9. The van der Waals surface area contributed by atoms with Crippen molar-refractivity contribution in [3.63, 3.8) is 0 Å². The van der Waals surface area contributed by atoms with Gasteiger partial charge in [-0.2, -0.15) is 4.99 Å². The Kier molecular flexibility index (Phi) is 10.4. The summed E-state index contributed by atoms with van der Waals surface area (Å²) in [7, 11) is 3.07. The zero-order valence-corrected chi connectivity index (χ0v) is 20.1. The topological polar surface area (TPSA) is 135 Å². The van der Waals surface area contributed by atoms with E-state index >= 15 is 0 Å². The van der Waals surface area contributed by atoms with Gasteiger partial charge in [-0.05, 0) is 55.7 Å². The minimum atomic E-state index is -0.593. The Labute approximate surface area is 196 Å². The number of hydrogen-bond acceptors (Lipinski definition) is 5. The molecule has 0 saturated heterocycles. The summed E-state index contributed by atoms with van der Waals surface area (Å²) in [5.74, 6) is 0.709. The molecule has 9 nitrogen and oxygen atoms in total. The van der Waals surface area contributed by atoms with E-state index in [1.807, 2.05) is 0 Å². The number of aliphatic hydroxyl groups excluding tert-OH is 1. The molecule has 0 bridgehead atoms. The van der Waals surface area contributed by atoms with Gasteiger partial charge in [0, 0.05) is 6.04 Å². The fourth-order valence-corrected chi connectivity index (χ4v) is 3.87. The standard InChI is InChI=1S/C24H38N4O5/c1-5-15(2)12-19(23(31)26-17-7-9-18(29)10-8-17)27-24(25)28-22(30)14-16-6-11-20(32-3)21(13-16)33-4/h6,11,13,15,17-19,29H,5,7-10,12,14H2,1-4H3,(H,26,31)(H3,25,27,28,30)/t15?,17-,18+,19?. The number of hydrogen-bond donors (Lipinski definition) is 4. The summed E-state index contributed by atoms with van der Waals surface area (Å²) in [6.07, 6.45) is 4.09. The van der Waals surface area contributed by atoms with Gasteiger partial charge in [0.25, 0.3) is 5.91 Å². The number of amides is 2. The van der Waals surface area contributed by atoms with E-state index in [0.29, 0.717) is 36.3 Å². The van der Waals surface area contributed by atoms with Crippen molar-refractivity contribution in [3.05, 3.63) is 23.8 Å². The number of rotatable bonds is 10. The third-order valence-corrected chi connectivity index (χ3v) is 6.07. The van der Waals surface area contributed by atoms with E-state index in [-0.39, 0.29) is 36.4 Å². The van der Waals surface area contributed by atoms with Crippen LogP contribution in [0.5, 0.6) is 11.5 Å². The van der Waals surface area contributed by atoms with Crippen LogP contribution in [0.1, 0.15) is 57.9 Å².